The summed E-state index contributed by atoms with van der Waals surface area (Å²) < 4.78 is 38.1. The average molecular weight is 344 g/mol. The smallest absolute Gasteiger partial charge is 0.303 e. The molecule has 1 fully saturated rings. The Morgan fingerprint density at radius 1 is 1.25 bits per heavy atom. The number of alkyl halides is 3. The van der Waals surface area contributed by atoms with Gasteiger partial charge in [0.05, 0.1) is 12.2 Å². The van der Waals surface area contributed by atoms with E-state index in [1.165, 1.54) is 38.4 Å². The van der Waals surface area contributed by atoms with Gasteiger partial charge in [-0.05, 0) is 50.6 Å². The number of piperidine rings is 1. The normalized spacial score (nSPS) is 16.2. The molecule has 0 aliphatic carbocycles. The first-order chi connectivity index (χ1) is 11.4. The molecule has 134 valence electrons. The van der Waals surface area contributed by atoms with Crippen LogP contribution in [0.1, 0.15) is 41.6 Å². The molecule has 0 radical (unpaired) electrons. The van der Waals surface area contributed by atoms with E-state index in [1.54, 1.807) is 0 Å². The number of benzene rings is 1. The molecule has 1 aromatic rings. The first kappa shape index (κ1) is 18.7. The van der Waals surface area contributed by atoms with Gasteiger partial charge in [0.1, 0.15) is 0 Å². The molecule has 1 aromatic carbocycles. The number of nitrogens with zero attached hydrogens (tertiary/aromatic N) is 2. The zero-order valence-electron chi connectivity index (χ0n) is 13.8. The largest absolute Gasteiger partial charge is 0.416 e. The fourth-order valence-corrected chi connectivity index (χ4v) is 2.74. The lowest BCUT2D eigenvalue weighted by atomic mass is 10.1. The number of carbonyl (C=O) groups excluding carboxylic acids is 1. The van der Waals surface area contributed by atoms with Crippen LogP contribution in [0.4, 0.5) is 13.2 Å². The molecule has 4 nitrogen and oxygen atoms in total. The van der Waals surface area contributed by atoms with Crippen molar-refractivity contribution in [2.75, 3.05) is 33.3 Å². The van der Waals surface area contributed by atoms with Crippen LogP contribution in [-0.4, -0.2) is 49.2 Å². The van der Waals surface area contributed by atoms with E-state index < -0.39 is 17.6 Å². The molecule has 24 heavy (non-hydrogen) atoms. The number of amides is 1. The van der Waals surface area contributed by atoms with E-state index in [0.29, 0.717) is 6.61 Å². The van der Waals surface area contributed by atoms with Crippen LogP contribution in [0.15, 0.2) is 24.3 Å². The van der Waals surface area contributed by atoms with Crippen LogP contribution in [0.3, 0.4) is 0 Å². The minimum absolute atomic E-state index is 0.0386. The van der Waals surface area contributed by atoms with E-state index >= 15 is 0 Å². The lowest BCUT2D eigenvalue weighted by molar-refractivity contribution is -0.137. The molecule has 7 heteroatoms. The second-order valence-electron chi connectivity index (χ2n) is 5.97. The predicted octanol–water partition coefficient (Wildman–Crippen LogP) is 3.59. The van der Waals surface area contributed by atoms with Crippen LogP contribution < -0.4 is 0 Å². The van der Waals surface area contributed by atoms with E-state index in [1.807, 2.05) is 0 Å². The van der Waals surface area contributed by atoms with Gasteiger partial charge >= 0.3 is 6.18 Å². The number of likely N-dealkylation sites (tertiary alicyclic amines) is 1. The molecule has 1 aliphatic heterocycles. The van der Waals surface area contributed by atoms with Gasteiger partial charge in [-0.3, -0.25) is 9.63 Å². The summed E-state index contributed by atoms with van der Waals surface area (Å²) in [6, 6.07) is 4.36. The molecular formula is C17H23F3N2O2. The Kier molecular flexibility index (Phi) is 6.62. The summed E-state index contributed by atoms with van der Waals surface area (Å²) in [6.45, 7) is 3.46. The molecule has 0 bridgehead atoms. The molecule has 0 N–H and O–H groups in total. The molecule has 1 heterocycles. The predicted molar refractivity (Wildman–Crippen MR) is 84.4 cm³/mol. The monoisotopic (exact) mass is 344 g/mol. The van der Waals surface area contributed by atoms with Crippen molar-refractivity contribution in [1.82, 2.24) is 9.96 Å². The van der Waals surface area contributed by atoms with E-state index in [-0.39, 0.29) is 5.56 Å². The average Bonchev–Trinajstić information content (AvgIpc) is 2.58. The number of carbonyl (C=O) groups is 1. The van der Waals surface area contributed by atoms with Crippen molar-refractivity contribution in [3.8, 4) is 0 Å². The number of halogens is 3. The van der Waals surface area contributed by atoms with Crippen molar-refractivity contribution in [2.45, 2.75) is 31.9 Å². The molecule has 1 amide bonds. The highest BCUT2D eigenvalue weighted by Gasteiger charge is 2.31. The summed E-state index contributed by atoms with van der Waals surface area (Å²) in [5.41, 5.74) is -0.879. The number of hydroxylamine groups is 2. The van der Waals surface area contributed by atoms with Crippen LogP contribution in [0.25, 0.3) is 0 Å². The third kappa shape index (κ3) is 5.49. The van der Waals surface area contributed by atoms with E-state index in [0.717, 1.165) is 43.3 Å². The lowest BCUT2D eigenvalue weighted by Crippen LogP contribution is -2.32. The quantitative estimate of drug-likeness (QED) is 0.584. The zero-order valence-corrected chi connectivity index (χ0v) is 13.8. The van der Waals surface area contributed by atoms with E-state index in [4.69, 9.17) is 4.84 Å². The second-order valence-corrected chi connectivity index (χ2v) is 5.97. The number of rotatable bonds is 6. The summed E-state index contributed by atoms with van der Waals surface area (Å²) in [7, 11) is 1.42. The Labute approximate surface area is 140 Å². The fraction of sp³-hybridized carbons (Fsp3) is 0.588. The molecule has 1 saturated heterocycles. The summed E-state index contributed by atoms with van der Waals surface area (Å²) in [6.07, 6.45) is 0.0230. The maximum atomic E-state index is 12.7. The van der Waals surface area contributed by atoms with Crippen molar-refractivity contribution >= 4 is 5.91 Å². The second kappa shape index (κ2) is 8.48. The summed E-state index contributed by atoms with van der Waals surface area (Å²) in [5.74, 6) is -0.584. The summed E-state index contributed by atoms with van der Waals surface area (Å²) >= 11 is 0. The minimum atomic E-state index is -4.47. The molecule has 0 unspecified atom stereocenters. The standard InChI is InChI=1S/C17H23F3N2O2/c1-21(24-12-6-11-22-9-3-2-4-10-22)16(23)14-7-5-8-15(13-14)17(18,19)20/h5,7-8,13H,2-4,6,9-12H2,1H3. The van der Waals surface area contributed by atoms with Gasteiger partial charge in [0.15, 0.2) is 0 Å². The molecule has 0 saturated carbocycles. The Balaban J connectivity index is 1.79. The van der Waals surface area contributed by atoms with Crippen LogP contribution in [-0.2, 0) is 11.0 Å². The van der Waals surface area contributed by atoms with Gasteiger partial charge in [0.25, 0.3) is 5.91 Å². The van der Waals surface area contributed by atoms with Gasteiger partial charge in [0.2, 0.25) is 0 Å². The number of hydrogen-bond acceptors (Lipinski definition) is 3. The van der Waals surface area contributed by atoms with Gasteiger partial charge < -0.3 is 4.90 Å². The Morgan fingerprint density at radius 2 is 1.96 bits per heavy atom. The SMILES string of the molecule is CN(OCCCN1CCCCC1)C(=O)c1cccc(C(F)(F)F)c1. The molecule has 2 rings (SSSR count). The Hall–Kier alpha value is -1.60. The minimum Gasteiger partial charge on any atom is -0.303 e. The van der Waals surface area contributed by atoms with Gasteiger partial charge in [-0.1, -0.05) is 12.5 Å². The van der Waals surface area contributed by atoms with Crippen molar-refractivity contribution in [1.29, 1.82) is 0 Å². The first-order valence-corrected chi connectivity index (χ1v) is 8.18. The highest BCUT2D eigenvalue weighted by molar-refractivity contribution is 5.93. The van der Waals surface area contributed by atoms with Crippen molar-refractivity contribution in [3.63, 3.8) is 0 Å². The fourth-order valence-electron chi connectivity index (χ4n) is 2.74. The van der Waals surface area contributed by atoms with Crippen molar-refractivity contribution in [2.24, 2.45) is 0 Å². The topological polar surface area (TPSA) is 32.8 Å². The Morgan fingerprint density at radius 3 is 2.62 bits per heavy atom. The van der Waals surface area contributed by atoms with E-state index in [9.17, 15) is 18.0 Å². The maximum absolute atomic E-state index is 12.7. The van der Waals surface area contributed by atoms with Crippen molar-refractivity contribution in [3.05, 3.63) is 35.4 Å². The van der Waals surface area contributed by atoms with Crippen LogP contribution in [0.5, 0.6) is 0 Å². The highest BCUT2D eigenvalue weighted by atomic mass is 19.4. The number of hydrogen-bond donors (Lipinski definition) is 0. The van der Waals surface area contributed by atoms with Gasteiger partial charge in [-0.2, -0.15) is 13.2 Å². The molecule has 0 atom stereocenters. The molecule has 0 aromatic heterocycles. The lowest BCUT2D eigenvalue weighted by Gasteiger charge is -2.26. The van der Waals surface area contributed by atoms with E-state index in [2.05, 4.69) is 4.90 Å². The summed E-state index contributed by atoms with van der Waals surface area (Å²) in [5, 5.41) is 1.01. The highest BCUT2D eigenvalue weighted by Crippen LogP contribution is 2.29. The van der Waals surface area contributed by atoms with Gasteiger partial charge in [0, 0.05) is 19.2 Å². The zero-order chi connectivity index (χ0) is 17.6. The Bertz CT molecular complexity index is 543. The van der Waals surface area contributed by atoms with Crippen molar-refractivity contribution < 1.29 is 22.8 Å². The first-order valence-electron chi connectivity index (χ1n) is 8.18. The molecule has 0 spiro atoms. The van der Waals surface area contributed by atoms with Crippen LogP contribution in [0.2, 0.25) is 0 Å². The summed E-state index contributed by atoms with van der Waals surface area (Å²) in [4.78, 5) is 19.9. The molecule has 1 aliphatic rings. The third-order valence-corrected chi connectivity index (χ3v) is 4.08. The van der Waals surface area contributed by atoms with Gasteiger partial charge in [-0.15, -0.1) is 0 Å². The maximum Gasteiger partial charge on any atom is 0.416 e. The molecular weight excluding hydrogens is 321 g/mol. The van der Waals surface area contributed by atoms with Gasteiger partial charge in [-0.25, -0.2) is 5.06 Å². The van der Waals surface area contributed by atoms with Crippen LogP contribution in [0, 0.1) is 0 Å². The van der Waals surface area contributed by atoms with Crippen LogP contribution >= 0.6 is 0 Å². The third-order valence-electron chi connectivity index (χ3n) is 4.08.